The molecule has 0 spiro atoms. The first-order valence-electron chi connectivity index (χ1n) is 6.32. The van der Waals surface area contributed by atoms with Gasteiger partial charge in [0.2, 0.25) is 0 Å². The van der Waals surface area contributed by atoms with Gasteiger partial charge in [-0.15, -0.1) is 0 Å². The molecular weight excluding hydrogens is 258 g/mol. The van der Waals surface area contributed by atoms with E-state index >= 15 is 0 Å². The summed E-state index contributed by atoms with van der Waals surface area (Å²) in [6.45, 7) is 7.81. The van der Waals surface area contributed by atoms with E-state index in [0.717, 1.165) is 27.8 Å². The quantitative estimate of drug-likeness (QED) is 0.687. The lowest BCUT2D eigenvalue weighted by Gasteiger charge is -2.18. The maximum Gasteiger partial charge on any atom is 0.433 e. The Bertz CT molecular complexity index is 647. The van der Waals surface area contributed by atoms with E-state index in [-0.39, 0.29) is 11.6 Å². The van der Waals surface area contributed by atoms with Gasteiger partial charge >= 0.3 is 5.88 Å². The zero-order valence-corrected chi connectivity index (χ0v) is 11.9. The van der Waals surface area contributed by atoms with E-state index in [1.807, 2.05) is 27.7 Å². The second-order valence-corrected chi connectivity index (χ2v) is 5.01. The largest absolute Gasteiger partial charge is 0.433 e. The van der Waals surface area contributed by atoms with Crippen LogP contribution in [0.3, 0.4) is 0 Å². The minimum Gasteiger partial charge on any atom is -0.403 e. The number of aryl methyl sites for hydroxylation is 2. The fourth-order valence-electron chi connectivity index (χ4n) is 2.39. The topological polar surface area (TPSA) is 76.5 Å². The van der Waals surface area contributed by atoms with Crippen molar-refractivity contribution >= 4 is 5.88 Å². The van der Waals surface area contributed by atoms with Crippen LogP contribution in [0, 0.1) is 37.8 Å². The minimum absolute atomic E-state index is 0.188. The number of aliphatic hydroxyl groups excluding tert-OH is 1. The van der Waals surface area contributed by atoms with Crippen LogP contribution in [0.2, 0.25) is 0 Å². The van der Waals surface area contributed by atoms with Crippen LogP contribution in [0.15, 0.2) is 22.6 Å². The summed E-state index contributed by atoms with van der Waals surface area (Å²) < 4.78 is 5.10. The standard InChI is InChI=1S/C15H17NO4/c1-8-7-9(2)11(4)14(10(8)3)15(17)12-5-6-13(20-12)16(18)19/h5-7,15,17H,1-4H3. The van der Waals surface area contributed by atoms with Crippen LogP contribution in [0.4, 0.5) is 5.88 Å². The number of rotatable bonds is 3. The van der Waals surface area contributed by atoms with Crippen molar-refractivity contribution in [2.75, 3.05) is 0 Å². The van der Waals surface area contributed by atoms with Gasteiger partial charge in [0.1, 0.15) is 16.8 Å². The van der Waals surface area contributed by atoms with Crippen molar-refractivity contribution in [1.82, 2.24) is 0 Å². The van der Waals surface area contributed by atoms with Crippen LogP contribution in [0.5, 0.6) is 0 Å². The predicted molar refractivity (Wildman–Crippen MR) is 74.8 cm³/mol. The fourth-order valence-corrected chi connectivity index (χ4v) is 2.39. The molecule has 1 aromatic carbocycles. The molecule has 0 amide bonds. The maximum atomic E-state index is 10.6. The molecule has 1 atom stereocenters. The Morgan fingerprint density at radius 2 is 1.70 bits per heavy atom. The molecule has 0 saturated carbocycles. The van der Waals surface area contributed by atoms with Crippen LogP contribution in [-0.4, -0.2) is 10.0 Å². The molecule has 5 nitrogen and oxygen atoms in total. The molecule has 1 heterocycles. The monoisotopic (exact) mass is 275 g/mol. The molecule has 106 valence electrons. The lowest BCUT2D eigenvalue weighted by Crippen LogP contribution is -2.06. The highest BCUT2D eigenvalue weighted by atomic mass is 16.6. The van der Waals surface area contributed by atoms with E-state index in [0.29, 0.717) is 0 Å². The summed E-state index contributed by atoms with van der Waals surface area (Å²) in [5.41, 5.74) is 4.84. The highest BCUT2D eigenvalue weighted by molar-refractivity contribution is 5.47. The summed E-state index contributed by atoms with van der Waals surface area (Å²) in [6.07, 6.45) is -0.998. The summed E-state index contributed by atoms with van der Waals surface area (Å²) in [7, 11) is 0. The number of benzene rings is 1. The Balaban J connectivity index is 2.52. The zero-order valence-electron chi connectivity index (χ0n) is 11.9. The Labute approximate surface area is 117 Å². The molecular formula is C15H17NO4. The Morgan fingerprint density at radius 3 is 2.15 bits per heavy atom. The van der Waals surface area contributed by atoms with Crippen molar-refractivity contribution in [3.63, 3.8) is 0 Å². The normalized spacial score (nSPS) is 12.4. The van der Waals surface area contributed by atoms with Gasteiger partial charge in [-0.25, -0.2) is 0 Å². The van der Waals surface area contributed by atoms with Gasteiger partial charge in [0, 0.05) is 0 Å². The van der Waals surface area contributed by atoms with E-state index in [2.05, 4.69) is 6.07 Å². The molecule has 0 radical (unpaired) electrons. The van der Waals surface area contributed by atoms with Gasteiger partial charge in [-0.3, -0.25) is 10.1 Å². The summed E-state index contributed by atoms with van der Waals surface area (Å²) in [6, 6.07) is 4.76. The summed E-state index contributed by atoms with van der Waals surface area (Å²) >= 11 is 0. The van der Waals surface area contributed by atoms with Crippen LogP contribution >= 0.6 is 0 Å². The third-order valence-electron chi connectivity index (χ3n) is 3.76. The van der Waals surface area contributed by atoms with Crippen LogP contribution < -0.4 is 0 Å². The van der Waals surface area contributed by atoms with Crippen molar-refractivity contribution in [2.24, 2.45) is 0 Å². The fraction of sp³-hybridized carbons (Fsp3) is 0.333. The zero-order chi connectivity index (χ0) is 15.0. The molecule has 0 aliphatic rings. The molecule has 20 heavy (non-hydrogen) atoms. The van der Waals surface area contributed by atoms with Gasteiger partial charge in [0.15, 0.2) is 0 Å². The molecule has 0 aliphatic heterocycles. The summed E-state index contributed by atoms with van der Waals surface area (Å²) in [4.78, 5) is 10.0. The second kappa shape index (κ2) is 5.09. The van der Waals surface area contributed by atoms with Crippen molar-refractivity contribution < 1.29 is 14.4 Å². The Kier molecular flexibility index (Phi) is 3.63. The van der Waals surface area contributed by atoms with Crippen LogP contribution in [0.1, 0.15) is 39.7 Å². The molecule has 2 aromatic rings. The van der Waals surface area contributed by atoms with E-state index < -0.39 is 11.0 Å². The number of aliphatic hydroxyl groups is 1. The Morgan fingerprint density at radius 1 is 1.15 bits per heavy atom. The van der Waals surface area contributed by atoms with Gasteiger partial charge in [-0.1, -0.05) is 6.07 Å². The van der Waals surface area contributed by atoms with Gasteiger partial charge in [0.25, 0.3) is 0 Å². The SMILES string of the molecule is Cc1cc(C)c(C)c(C(O)c2ccc([N+](=O)[O-])o2)c1C. The highest BCUT2D eigenvalue weighted by Gasteiger charge is 2.23. The van der Waals surface area contributed by atoms with Gasteiger partial charge in [0.05, 0.1) is 6.07 Å². The molecule has 0 saturated heterocycles. The molecule has 1 N–H and O–H groups in total. The average molecular weight is 275 g/mol. The van der Waals surface area contributed by atoms with Crippen molar-refractivity contribution in [3.8, 4) is 0 Å². The van der Waals surface area contributed by atoms with E-state index in [1.165, 1.54) is 12.1 Å². The molecule has 5 heteroatoms. The van der Waals surface area contributed by atoms with Crippen LogP contribution in [-0.2, 0) is 0 Å². The first-order valence-corrected chi connectivity index (χ1v) is 6.32. The number of nitrogens with zero attached hydrogens (tertiary/aromatic N) is 1. The molecule has 1 unspecified atom stereocenters. The molecule has 1 aromatic heterocycles. The highest BCUT2D eigenvalue weighted by Crippen LogP contribution is 2.33. The first-order chi connectivity index (χ1) is 9.32. The molecule has 0 bridgehead atoms. The second-order valence-electron chi connectivity index (χ2n) is 5.01. The van der Waals surface area contributed by atoms with Crippen LogP contribution in [0.25, 0.3) is 0 Å². The molecule has 2 rings (SSSR count). The molecule has 0 fully saturated rings. The third-order valence-corrected chi connectivity index (χ3v) is 3.76. The van der Waals surface area contributed by atoms with Crippen molar-refractivity contribution in [1.29, 1.82) is 0 Å². The summed E-state index contributed by atoms with van der Waals surface area (Å²) in [5, 5.41) is 21.1. The predicted octanol–water partition coefficient (Wildman–Crippen LogP) is 3.50. The average Bonchev–Trinajstić information content (AvgIpc) is 2.86. The smallest absolute Gasteiger partial charge is 0.403 e. The lowest BCUT2D eigenvalue weighted by molar-refractivity contribution is -0.402. The number of furan rings is 1. The summed E-state index contributed by atoms with van der Waals surface area (Å²) in [5.74, 6) is -0.174. The maximum absolute atomic E-state index is 10.6. The number of hydrogen-bond acceptors (Lipinski definition) is 4. The van der Waals surface area contributed by atoms with Gasteiger partial charge < -0.3 is 9.52 Å². The Hall–Kier alpha value is -2.14. The van der Waals surface area contributed by atoms with E-state index in [4.69, 9.17) is 4.42 Å². The number of nitro groups is 1. The van der Waals surface area contributed by atoms with E-state index in [9.17, 15) is 15.2 Å². The first kappa shape index (κ1) is 14.3. The van der Waals surface area contributed by atoms with Gasteiger partial charge in [-0.2, -0.15) is 0 Å². The number of hydrogen-bond donors (Lipinski definition) is 1. The minimum atomic E-state index is -0.998. The van der Waals surface area contributed by atoms with E-state index in [1.54, 1.807) is 0 Å². The lowest BCUT2D eigenvalue weighted by atomic mass is 9.90. The van der Waals surface area contributed by atoms with Gasteiger partial charge in [-0.05, 0) is 61.6 Å². The third kappa shape index (κ3) is 2.32. The van der Waals surface area contributed by atoms with Crippen molar-refractivity contribution in [2.45, 2.75) is 33.8 Å². The molecule has 0 aliphatic carbocycles. The van der Waals surface area contributed by atoms with Crippen molar-refractivity contribution in [3.05, 3.63) is 61.9 Å².